The van der Waals surface area contributed by atoms with Gasteiger partial charge in [-0.3, -0.25) is 15.6 Å². The first-order valence-electron chi connectivity index (χ1n) is 7.75. The van der Waals surface area contributed by atoms with E-state index in [4.69, 9.17) is 10.5 Å². The first-order chi connectivity index (χ1) is 11.7. The van der Waals surface area contributed by atoms with Crippen LogP contribution in [0.1, 0.15) is 23.2 Å². The maximum atomic E-state index is 12.2. The van der Waals surface area contributed by atoms with E-state index in [1.165, 1.54) is 6.33 Å². The maximum Gasteiger partial charge on any atom is 0.269 e. The van der Waals surface area contributed by atoms with Gasteiger partial charge in [-0.25, -0.2) is 9.97 Å². The molecule has 1 fully saturated rings. The molecule has 2 aromatic rings. The van der Waals surface area contributed by atoms with Gasteiger partial charge in [0.15, 0.2) is 11.6 Å². The molecule has 8 nitrogen and oxygen atoms in total. The van der Waals surface area contributed by atoms with E-state index in [1.54, 1.807) is 31.4 Å². The highest BCUT2D eigenvalue weighted by molar-refractivity contribution is 5.95. The van der Waals surface area contributed by atoms with Crippen LogP contribution in [-0.4, -0.2) is 36.1 Å². The molecule has 126 valence electrons. The fourth-order valence-corrected chi connectivity index (χ4v) is 2.60. The molecule has 4 N–H and O–H groups in total. The highest BCUT2D eigenvalue weighted by Gasteiger charge is 2.18. The summed E-state index contributed by atoms with van der Waals surface area (Å²) in [6.45, 7) is 1.86. The minimum absolute atomic E-state index is 0.293. The number of carbonyl (C=O) groups excluding carboxylic acids is 1. The van der Waals surface area contributed by atoms with Crippen molar-refractivity contribution in [3.8, 4) is 5.75 Å². The minimum Gasteiger partial charge on any atom is -0.497 e. The quantitative estimate of drug-likeness (QED) is 0.713. The number of aromatic nitrogens is 2. The lowest BCUT2D eigenvalue weighted by atomic mass is 10.2. The molecule has 0 aliphatic carbocycles. The van der Waals surface area contributed by atoms with Gasteiger partial charge in [-0.2, -0.15) is 0 Å². The summed E-state index contributed by atoms with van der Waals surface area (Å²) < 4.78 is 5.07. The van der Waals surface area contributed by atoms with E-state index in [0.717, 1.165) is 25.9 Å². The molecule has 2 heterocycles. The van der Waals surface area contributed by atoms with E-state index in [2.05, 4.69) is 25.7 Å². The normalized spacial score (nSPS) is 13.6. The lowest BCUT2D eigenvalue weighted by molar-refractivity contribution is 0.0962. The Hall–Kier alpha value is -3.03. The van der Waals surface area contributed by atoms with Crippen molar-refractivity contribution in [3.63, 3.8) is 0 Å². The molecule has 0 radical (unpaired) electrons. The van der Waals surface area contributed by atoms with Crippen LogP contribution >= 0.6 is 0 Å². The summed E-state index contributed by atoms with van der Waals surface area (Å²) in [5.41, 5.74) is 12.4. The van der Waals surface area contributed by atoms with Gasteiger partial charge in [-0.1, -0.05) is 0 Å². The zero-order valence-electron chi connectivity index (χ0n) is 13.5. The van der Waals surface area contributed by atoms with Gasteiger partial charge in [0.25, 0.3) is 5.91 Å². The Morgan fingerprint density at radius 3 is 2.58 bits per heavy atom. The summed E-state index contributed by atoms with van der Waals surface area (Å²) in [7, 11) is 1.58. The fraction of sp³-hybridized carbons (Fsp3) is 0.312. The fourth-order valence-electron chi connectivity index (χ4n) is 2.60. The van der Waals surface area contributed by atoms with Gasteiger partial charge in [0.2, 0.25) is 0 Å². The van der Waals surface area contributed by atoms with Crippen molar-refractivity contribution in [1.29, 1.82) is 0 Å². The second kappa shape index (κ2) is 7.03. The third-order valence-corrected chi connectivity index (χ3v) is 3.92. The van der Waals surface area contributed by atoms with Crippen LogP contribution in [0.5, 0.6) is 5.75 Å². The third kappa shape index (κ3) is 3.32. The Bertz CT molecular complexity index is 713. The Morgan fingerprint density at radius 1 is 1.21 bits per heavy atom. The Labute approximate surface area is 140 Å². The van der Waals surface area contributed by atoms with Gasteiger partial charge in [-0.15, -0.1) is 0 Å². The standard InChI is InChI=1S/C16H20N6O2/c1-24-12-6-4-11(5-7-12)16(23)21-20-14-13(17)15(19-10-18-14)22-8-2-3-9-22/h4-7,10H,2-3,8-9,17H2,1H3,(H,21,23)(H,18,19,20). The van der Waals surface area contributed by atoms with Crippen molar-refractivity contribution in [2.24, 2.45) is 0 Å². The number of hydrogen-bond donors (Lipinski definition) is 3. The summed E-state index contributed by atoms with van der Waals surface area (Å²) >= 11 is 0. The van der Waals surface area contributed by atoms with E-state index < -0.39 is 0 Å². The molecule has 3 rings (SSSR count). The van der Waals surface area contributed by atoms with Crippen molar-refractivity contribution >= 4 is 23.2 Å². The smallest absolute Gasteiger partial charge is 0.269 e. The average molecular weight is 328 g/mol. The number of ether oxygens (including phenoxy) is 1. The second-order valence-electron chi connectivity index (χ2n) is 5.46. The molecule has 1 aromatic carbocycles. The number of amides is 1. The monoisotopic (exact) mass is 328 g/mol. The molecule has 1 saturated heterocycles. The zero-order chi connectivity index (χ0) is 16.9. The van der Waals surface area contributed by atoms with Crippen molar-refractivity contribution in [1.82, 2.24) is 15.4 Å². The molecular weight excluding hydrogens is 308 g/mol. The molecule has 24 heavy (non-hydrogen) atoms. The predicted octanol–water partition coefficient (Wildman–Crippen LogP) is 1.42. The number of hydrazine groups is 1. The number of nitrogen functional groups attached to an aromatic ring is 1. The topological polar surface area (TPSA) is 105 Å². The first-order valence-corrected chi connectivity index (χ1v) is 7.75. The summed E-state index contributed by atoms with van der Waals surface area (Å²) in [5.74, 6) is 1.48. The number of nitrogens with one attached hydrogen (secondary N) is 2. The van der Waals surface area contributed by atoms with Crippen LogP contribution in [0, 0.1) is 0 Å². The van der Waals surface area contributed by atoms with E-state index in [1.807, 2.05) is 0 Å². The van der Waals surface area contributed by atoms with Crippen molar-refractivity contribution in [2.75, 3.05) is 36.3 Å². The molecule has 1 aliphatic heterocycles. The number of carbonyl (C=O) groups is 1. The Balaban J connectivity index is 1.67. The minimum atomic E-state index is -0.293. The third-order valence-electron chi connectivity index (χ3n) is 3.92. The number of hydrogen-bond acceptors (Lipinski definition) is 7. The van der Waals surface area contributed by atoms with Gasteiger partial charge >= 0.3 is 0 Å². The lowest BCUT2D eigenvalue weighted by Crippen LogP contribution is -2.31. The molecule has 0 atom stereocenters. The summed E-state index contributed by atoms with van der Waals surface area (Å²) in [5, 5.41) is 0. The van der Waals surface area contributed by atoms with E-state index in [-0.39, 0.29) is 5.91 Å². The average Bonchev–Trinajstić information content (AvgIpc) is 3.15. The van der Waals surface area contributed by atoms with Crippen molar-refractivity contribution in [2.45, 2.75) is 12.8 Å². The molecule has 0 bridgehead atoms. The van der Waals surface area contributed by atoms with Crippen LogP contribution in [0.4, 0.5) is 17.3 Å². The molecule has 1 amide bonds. The SMILES string of the molecule is COc1ccc(C(=O)NNc2ncnc(N3CCCC3)c2N)cc1. The number of rotatable bonds is 5. The first kappa shape index (κ1) is 15.9. The highest BCUT2D eigenvalue weighted by Crippen LogP contribution is 2.28. The molecule has 1 aliphatic rings. The van der Waals surface area contributed by atoms with Gasteiger partial charge in [-0.05, 0) is 37.1 Å². The summed E-state index contributed by atoms with van der Waals surface area (Å²) in [4.78, 5) is 22.6. The lowest BCUT2D eigenvalue weighted by Gasteiger charge is -2.19. The van der Waals surface area contributed by atoms with Crippen LogP contribution in [-0.2, 0) is 0 Å². The van der Waals surface area contributed by atoms with Gasteiger partial charge < -0.3 is 15.4 Å². The van der Waals surface area contributed by atoms with Crippen LogP contribution in [0.25, 0.3) is 0 Å². The zero-order valence-corrected chi connectivity index (χ0v) is 13.5. The highest BCUT2D eigenvalue weighted by atomic mass is 16.5. The van der Waals surface area contributed by atoms with Crippen molar-refractivity contribution < 1.29 is 9.53 Å². The van der Waals surface area contributed by atoms with Gasteiger partial charge in [0.1, 0.15) is 17.8 Å². The summed E-state index contributed by atoms with van der Waals surface area (Å²) in [6.07, 6.45) is 3.69. The Morgan fingerprint density at radius 2 is 1.92 bits per heavy atom. The Kier molecular flexibility index (Phi) is 4.64. The number of nitrogens with two attached hydrogens (primary N) is 1. The largest absolute Gasteiger partial charge is 0.497 e. The van der Waals surface area contributed by atoms with Crippen LogP contribution in [0.2, 0.25) is 0 Å². The number of benzene rings is 1. The van der Waals surface area contributed by atoms with E-state index >= 15 is 0 Å². The molecular formula is C16H20N6O2. The van der Waals surface area contributed by atoms with Crippen LogP contribution in [0.15, 0.2) is 30.6 Å². The number of nitrogens with zero attached hydrogens (tertiary/aromatic N) is 3. The number of anilines is 3. The molecule has 0 unspecified atom stereocenters. The second-order valence-corrected chi connectivity index (χ2v) is 5.46. The molecule has 0 spiro atoms. The summed E-state index contributed by atoms with van der Waals surface area (Å²) in [6, 6.07) is 6.79. The maximum absolute atomic E-state index is 12.2. The molecule has 8 heteroatoms. The predicted molar refractivity (Wildman–Crippen MR) is 92.0 cm³/mol. The van der Waals surface area contributed by atoms with Crippen LogP contribution < -0.4 is 26.2 Å². The van der Waals surface area contributed by atoms with E-state index in [0.29, 0.717) is 28.6 Å². The number of methoxy groups -OCH3 is 1. The van der Waals surface area contributed by atoms with Gasteiger partial charge in [0, 0.05) is 18.7 Å². The van der Waals surface area contributed by atoms with Crippen molar-refractivity contribution in [3.05, 3.63) is 36.2 Å². The molecule has 1 aromatic heterocycles. The van der Waals surface area contributed by atoms with Gasteiger partial charge in [0.05, 0.1) is 7.11 Å². The molecule has 0 saturated carbocycles. The van der Waals surface area contributed by atoms with E-state index in [9.17, 15) is 4.79 Å². The van der Waals surface area contributed by atoms with Crippen LogP contribution in [0.3, 0.4) is 0 Å².